The van der Waals surface area contributed by atoms with Gasteiger partial charge in [-0.2, -0.15) is 5.48 Å². The minimum atomic E-state index is -1.27. The average Bonchev–Trinajstić information content (AvgIpc) is 2.60. The van der Waals surface area contributed by atoms with Crippen LogP contribution in [0.15, 0.2) is 0 Å². The number of ether oxygens (including phenoxy) is 2. The van der Waals surface area contributed by atoms with Gasteiger partial charge in [0.2, 0.25) is 0 Å². The summed E-state index contributed by atoms with van der Waals surface area (Å²) in [4.78, 5) is 16.7. The molecule has 0 bridgehead atoms. The normalized spacial score (nSPS) is 30.9. The predicted molar refractivity (Wildman–Crippen MR) is 53.8 cm³/mol. The molecule has 0 spiro atoms. The third-order valence-corrected chi connectivity index (χ3v) is 2.49. The maximum absolute atomic E-state index is 11.5. The van der Waals surface area contributed by atoms with Crippen molar-refractivity contribution in [1.29, 1.82) is 0 Å². The standard InChI is InChI=1S/C10H19NO4/c1-7(2)5-8-6-10(14-4,15-11-8)9(12)13-3/h7-8,11H,5-6H2,1-4H3/t8-,10-/m1/s1. The lowest BCUT2D eigenvalue weighted by Crippen LogP contribution is -2.42. The second-order valence-electron chi connectivity index (χ2n) is 4.20. The van der Waals surface area contributed by atoms with E-state index in [9.17, 15) is 4.79 Å². The largest absolute Gasteiger partial charge is 0.465 e. The summed E-state index contributed by atoms with van der Waals surface area (Å²) in [5.41, 5.74) is 2.82. The van der Waals surface area contributed by atoms with Crippen LogP contribution in [0.2, 0.25) is 0 Å². The fraction of sp³-hybridized carbons (Fsp3) is 0.900. The molecular weight excluding hydrogens is 198 g/mol. The Balaban J connectivity index is 2.61. The van der Waals surface area contributed by atoms with E-state index in [1.165, 1.54) is 14.2 Å². The molecule has 0 aliphatic carbocycles. The molecule has 5 heteroatoms. The van der Waals surface area contributed by atoms with E-state index in [0.29, 0.717) is 12.3 Å². The van der Waals surface area contributed by atoms with E-state index >= 15 is 0 Å². The Labute approximate surface area is 90.0 Å². The van der Waals surface area contributed by atoms with Gasteiger partial charge in [0.15, 0.2) is 0 Å². The maximum atomic E-state index is 11.5. The van der Waals surface area contributed by atoms with Crippen molar-refractivity contribution in [3.05, 3.63) is 0 Å². The van der Waals surface area contributed by atoms with Crippen LogP contribution in [-0.4, -0.2) is 32.0 Å². The van der Waals surface area contributed by atoms with Gasteiger partial charge >= 0.3 is 5.97 Å². The van der Waals surface area contributed by atoms with Crippen molar-refractivity contribution in [3.63, 3.8) is 0 Å². The highest BCUT2D eigenvalue weighted by atomic mass is 16.8. The summed E-state index contributed by atoms with van der Waals surface area (Å²) >= 11 is 0. The van der Waals surface area contributed by atoms with Crippen LogP contribution < -0.4 is 5.48 Å². The molecule has 1 aliphatic heterocycles. The topological polar surface area (TPSA) is 56.8 Å². The molecule has 1 heterocycles. The van der Waals surface area contributed by atoms with Gasteiger partial charge in [-0.1, -0.05) is 13.8 Å². The zero-order valence-corrected chi connectivity index (χ0v) is 9.70. The van der Waals surface area contributed by atoms with Crippen LogP contribution in [0.5, 0.6) is 0 Å². The fourth-order valence-electron chi connectivity index (χ4n) is 1.78. The van der Waals surface area contributed by atoms with Crippen molar-refractivity contribution in [1.82, 2.24) is 5.48 Å². The van der Waals surface area contributed by atoms with Crippen molar-refractivity contribution in [2.75, 3.05) is 14.2 Å². The first kappa shape index (κ1) is 12.4. The molecule has 0 radical (unpaired) electrons. The molecule has 88 valence electrons. The zero-order valence-electron chi connectivity index (χ0n) is 9.70. The number of carbonyl (C=O) groups is 1. The molecule has 0 aromatic carbocycles. The van der Waals surface area contributed by atoms with Crippen molar-refractivity contribution >= 4 is 5.97 Å². The first-order chi connectivity index (χ1) is 7.04. The highest BCUT2D eigenvalue weighted by Gasteiger charge is 2.49. The van der Waals surface area contributed by atoms with E-state index in [2.05, 4.69) is 24.1 Å². The van der Waals surface area contributed by atoms with E-state index in [0.717, 1.165) is 6.42 Å². The summed E-state index contributed by atoms with van der Waals surface area (Å²) in [5, 5.41) is 0. The van der Waals surface area contributed by atoms with E-state index < -0.39 is 11.8 Å². The van der Waals surface area contributed by atoms with Crippen LogP contribution in [0.25, 0.3) is 0 Å². The number of rotatable bonds is 4. The number of methoxy groups -OCH3 is 2. The third-order valence-electron chi connectivity index (χ3n) is 2.49. The smallest absolute Gasteiger partial charge is 0.368 e. The summed E-state index contributed by atoms with van der Waals surface area (Å²) in [5.74, 6) is -1.23. The van der Waals surface area contributed by atoms with Crippen LogP contribution in [0, 0.1) is 5.92 Å². The monoisotopic (exact) mass is 217 g/mol. The fourth-order valence-corrected chi connectivity index (χ4v) is 1.78. The molecular formula is C10H19NO4. The lowest BCUT2D eigenvalue weighted by atomic mass is 9.99. The van der Waals surface area contributed by atoms with Gasteiger partial charge < -0.3 is 9.47 Å². The van der Waals surface area contributed by atoms with Crippen LogP contribution >= 0.6 is 0 Å². The molecule has 5 nitrogen and oxygen atoms in total. The van der Waals surface area contributed by atoms with Crippen molar-refractivity contribution in [2.45, 2.75) is 38.5 Å². The number of hydrogen-bond acceptors (Lipinski definition) is 5. The minimum absolute atomic E-state index is 0.129. The van der Waals surface area contributed by atoms with Gasteiger partial charge in [-0.05, 0) is 12.3 Å². The Kier molecular flexibility index (Phi) is 4.07. The van der Waals surface area contributed by atoms with Crippen LogP contribution in [0.3, 0.4) is 0 Å². The average molecular weight is 217 g/mol. The lowest BCUT2D eigenvalue weighted by Gasteiger charge is -2.21. The van der Waals surface area contributed by atoms with Gasteiger partial charge in [-0.25, -0.2) is 4.79 Å². The molecule has 0 saturated carbocycles. The number of hydroxylamine groups is 1. The quantitative estimate of drug-likeness (QED) is 0.707. The summed E-state index contributed by atoms with van der Waals surface area (Å²) in [6, 6.07) is 0.129. The predicted octanol–water partition coefficient (Wildman–Crippen LogP) is 0.842. The highest BCUT2D eigenvalue weighted by molar-refractivity contribution is 5.78. The molecule has 1 rings (SSSR count). The Morgan fingerprint density at radius 1 is 1.60 bits per heavy atom. The first-order valence-electron chi connectivity index (χ1n) is 5.11. The third kappa shape index (κ3) is 2.68. The molecule has 0 aromatic heterocycles. The zero-order chi connectivity index (χ0) is 11.5. The van der Waals surface area contributed by atoms with Gasteiger partial charge in [-0.3, -0.25) is 4.84 Å². The van der Waals surface area contributed by atoms with E-state index in [1.807, 2.05) is 0 Å². The SMILES string of the molecule is COC(=O)[C@@]1(OC)C[C@@H](CC(C)C)NO1. The lowest BCUT2D eigenvalue weighted by molar-refractivity contribution is -0.235. The summed E-state index contributed by atoms with van der Waals surface area (Å²) in [7, 11) is 2.76. The molecule has 2 atom stereocenters. The molecule has 0 amide bonds. The van der Waals surface area contributed by atoms with E-state index in [1.54, 1.807) is 0 Å². The molecule has 1 N–H and O–H groups in total. The Bertz CT molecular complexity index is 231. The Morgan fingerprint density at radius 3 is 2.73 bits per heavy atom. The van der Waals surface area contributed by atoms with Crippen molar-refractivity contribution in [3.8, 4) is 0 Å². The summed E-state index contributed by atoms with van der Waals surface area (Å²) < 4.78 is 9.76. The van der Waals surface area contributed by atoms with E-state index in [-0.39, 0.29) is 6.04 Å². The molecule has 1 aliphatic rings. The number of esters is 1. The molecule has 1 saturated heterocycles. The summed E-state index contributed by atoms with van der Waals surface area (Å²) in [6.07, 6.45) is 1.41. The first-order valence-corrected chi connectivity index (χ1v) is 5.11. The van der Waals surface area contributed by atoms with Gasteiger partial charge in [0, 0.05) is 19.6 Å². The van der Waals surface area contributed by atoms with Gasteiger partial charge in [0.1, 0.15) is 0 Å². The van der Waals surface area contributed by atoms with Gasteiger partial charge in [0.05, 0.1) is 7.11 Å². The van der Waals surface area contributed by atoms with Crippen molar-refractivity contribution < 1.29 is 19.1 Å². The van der Waals surface area contributed by atoms with Crippen LogP contribution in [-0.2, 0) is 19.1 Å². The molecule has 15 heavy (non-hydrogen) atoms. The molecule has 1 fully saturated rings. The number of nitrogens with one attached hydrogen (secondary N) is 1. The second-order valence-corrected chi connectivity index (χ2v) is 4.20. The minimum Gasteiger partial charge on any atom is -0.465 e. The van der Waals surface area contributed by atoms with Gasteiger partial charge in [0.25, 0.3) is 5.79 Å². The van der Waals surface area contributed by atoms with Crippen LogP contribution in [0.4, 0.5) is 0 Å². The van der Waals surface area contributed by atoms with Crippen LogP contribution in [0.1, 0.15) is 26.7 Å². The highest BCUT2D eigenvalue weighted by Crippen LogP contribution is 2.28. The Morgan fingerprint density at radius 2 is 2.27 bits per heavy atom. The molecule has 0 unspecified atom stereocenters. The van der Waals surface area contributed by atoms with Crippen molar-refractivity contribution in [2.24, 2.45) is 5.92 Å². The number of hydrogen-bond donors (Lipinski definition) is 1. The number of carbonyl (C=O) groups excluding carboxylic acids is 1. The maximum Gasteiger partial charge on any atom is 0.368 e. The van der Waals surface area contributed by atoms with E-state index in [4.69, 9.17) is 9.57 Å². The molecule has 0 aromatic rings. The second kappa shape index (κ2) is 4.92. The Hall–Kier alpha value is -0.650. The summed E-state index contributed by atoms with van der Waals surface area (Å²) in [6.45, 7) is 4.24. The van der Waals surface area contributed by atoms with Gasteiger partial charge in [-0.15, -0.1) is 0 Å².